The van der Waals surface area contributed by atoms with Crippen molar-refractivity contribution in [2.45, 2.75) is 0 Å². The van der Waals surface area contributed by atoms with E-state index in [1.807, 2.05) is 24.3 Å². The van der Waals surface area contributed by atoms with E-state index in [4.69, 9.17) is 9.84 Å². The van der Waals surface area contributed by atoms with Gasteiger partial charge in [0.05, 0.1) is 20.3 Å². The maximum atomic E-state index is 12.2. The average molecular weight is 278 g/mol. The van der Waals surface area contributed by atoms with Crippen LogP contribution in [0.3, 0.4) is 0 Å². The fraction of sp³-hybridized carbons (Fsp3) is 0.533. The maximum absolute atomic E-state index is 12.2. The number of aliphatic hydroxyl groups is 1. The first kappa shape index (κ1) is 15.0. The van der Waals surface area contributed by atoms with Crippen molar-refractivity contribution in [3.63, 3.8) is 0 Å². The van der Waals surface area contributed by atoms with Gasteiger partial charge in [0.25, 0.3) is 0 Å². The van der Waals surface area contributed by atoms with Crippen LogP contribution in [0.1, 0.15) is 10.4 Å². The first-order valence-electron chi connectivity index (χ1n) is 6.96. The first-order chi connectivity index (χ1) is 9.72. The number of benzene rings is 1. The molecule has 5 nitrogen and oxygen atoms in total. The van der Waals surface area contributed by atoms with Gasteiger partial charge in [-0.1, -0.05) is 0 Å². The summed E-state index contributed by atoms with van der Waals surface area (Å²) in [6, 6.07) is 7.24. The molecule has 110 valence electrons. The molecule has 1 aromatic carbocycles. The number of ketones is 1. The number of nitrogens with zero attached hydrogens (tertiary/aromatic N) is 2. The minimum Gasteiger partial charge on any atom is -0.497 e. The van der Waals surface area contributed by atoms with Gasteiger partial charge in [0, 0.05) is 38.3 Å². The highest BCUT2D eigenvalue weighted by molar-refractivity contribution is 5.97. The molecule has 1 aromatic rings. The number of β-amino-alcohol motifs (C(OH)–C–C–N with tert-alkyl or cyclic N) is 1. The van der Waals surface area contributed by atoms with Gasteiger partial charge in [0.15, 0.2) is 5.78 Å². The summed E-state index contributed by atoms with van der Waals surface area (Å²) in [5, 5.41) is 8.90. The molecular weight excluding hydrogens is 256 g/mol. The number of Topliss-reactive ketones (excluding diaryl/α,β-unsaturated/α-hetero) is 1. The summed E-state index contributed by atoms with van der Waals surface area (Å²) in [5.41, 5.74) is 0.726. The fourth-order valence-electron chi connectivity index (χ4n) is 2.38. The zero-order valence-corrected chi connectivity index (χ0v) is 11.9. The molecule has 0 saturated carbocycles. The molecule has 0 amide bonds. The van der Waals surface area contributed by atoms with Crippen molar-refractivity contribution < 1.29 is 14.6 Å². The highest BCUT2D eigenvalue weighted by atomic mass is 16.5. The first-order valence-corrected chi connectivity index (χ1v) is 6.96. The minimum absolute atomic E-state index is 0.142. The Kier molecular flexibility index (Phi) is 5.52. The summed E-state index contributed by atoms with van der Waals surface area (Å²) in [4.78, 5) is 16.6. The molecule has 20 heavy (non-hydrogen) atoms. The molecule has 1 N–H and O–H groups in total. The van der Waals surface area contributed by atoms with Gasteiger partial charge in [-0.2, -0.15) is 0 Å². The van der Waals surface area contributed by atoms with Crippen LogP contribution in [-0.4, -0.2) is 73.7 Å². The standard InChI is InChI=1S/C15H22N2O3/c1-20-14-4-2-13(3-5-14)15(19)12-17-8-6-16(7-9-17)10-11-18/h2-5,18H,6-12H2,1H3. The number of methoxy groups -OCH3 is 1. The highest BCUT2D eigenvalue weighted by Crippen LogP contribution is 2.12. The number of piperazine rings is 1. The predicted molar refractivity (Wildman–Crippen MR) is 77.3 cm³/mol. The fourth-order valence-corrected chi connectivity index (χ4v) is 2.38. The molecule has 0 radical (unpaired) electrons. The van der Waals surface area contributed by atoms with Crippen LogP contribution < -0.4 is 4.74 Å². The monoisotopic (exact) mass is 278 g/mol. The summed E-state index contributed by atoms with van der Waals surface area (Å²) in [6.07, 6.45) is 0. The molecule has 0 bridgehead atoms. The molecule has 5 heteroatoms. The van der Waals surface area contributed by atoms with Crippen molar-refractivity contribution in [3.8, 4) is 5.75 Å². The zero-order chi connectivity index (χ0) is 14.4. The second-order valence-corrected chi connectivity index (χ2v) is 4.99. The van der Waals surface area contributed by atoms with E-state index in [-0.39, 0.29) is 12.4 Å². The number of carbonyl (C=O) groups excluding carboxylic acids is 1. The van der Waals surface area contributed by atoms with Crippen molar-refractivity contribution in [1.82, 2.24) is 9.80 Å². The molecule has 1 saturated heterocycles. The van der Waals surface area contributed by atoms with Gasteiger partial charge in [-0.25, -0.2) is 0 Å². The van der Waals surface area contributed by atoms with Gasteiger partial charge >= 0.3 is 0 Å². The third-order valence-corrected chi connectivity index (χ3v) is 3.66. The molecule has 0 atom stereocenters. The van der Waals surface area contributed by atoms with E-state index in [9.17, 15) is 4.79 Å². The molecule has 0 unspecified atom stereocenters. The normalized spacial score (nSPS) is 17.1. The van der Waals surface area contributed by atoms with Crippen LogP contribution in [0.25, 0.3) is 0 Å². The van der Waals surface area contributed by atoms with Crippen molar-refractivity contribution in [3.05, 3.63) is 29.8 Å². The molecule has 0 aliphatic carbocycles. The number of hydrogen-bond acceptors (Lipinski definition) is 5. The lowest BCUT2D eigenvalue weighted by Crippen LogP contribution is -2.48. The smallest absolute Gasteiger partial charge is 0.176 e. The van der Waals surface area contributed by atoms with Crippen molar-refractivity contribution in [2.75, 3.05) is 53.0 Å². The lowest BCUT2D eigenvalue weighted by atomic mass is 10.1. The van der Waals surface area contributed by atoms with E-state index >= 15 is 0 Å². The summed E-state index contributed by atoms with van der Waals surface area (Å²) in [7, 11) is 1.61. The van der Waals surface area contributed by atoms with Gasteiger partial charge in [0.2, 0.25) is 0 Å². The number of aliphatic hydroxyl groups excluding tert-OH is 1. The molecular formula is C15H22N2O3. The topological polar surface area (TPSA) is 53.0 Å². The van der Waals surface area contributed by atoms with Gasteiger partial charge in [-0.15, -0.1) is 0 Å². The largest absolute Gasteiger partial charge is 0.497 e. The maximum Gasteiger partial charge on any atom is 0.176 e. The van der Waals surface area contributed by atoms with Gasteiger partial charge in [0.1, 0.15) is 5.75 Å². The van der Waals surface area contributed by atoms with Gasteiger partial charge in [-0.05, 0) is 24.3 Å². The Hall–Kier alpha value is -1.43. The predicted octanol–water partition coefficient (Wildman–Crippen LogP) is 0.488. The lowest BCUT2D eigenvalue weighted by Gasteiger charge is -2.33. The number of rotatable bonds is 6. The number of hydrogen-bond donors (Lipinski definition) is 1. The Labute approximate surface area is 119 Å². The lowest BCUT2D eigenvalue weighted by molar-refractivity contribution is 0.0822. The summed E-state index contributed by atoms with van der Waals surface area (Å²) in [6.45, 7) is 4.96. The van der Waals surface area contributed by atoms with Crippen LogP contribution in [0.5, 0.6) is 5.75 Å². The Morgan fingerprint density at radius 1 is 1.15 bits per heavy atom. The third-order valence-electron chi connectivity index (χ3n) is 3.66. The van der Waals surface area contributed by atoms with Crippen LogP contribution >= 0.6 is 0 Å². The number of ether oxygens (including phenoxy) is 1. The van der Waals surface area contributed by atoms with Crippen molar-refractivity contribution in [1.29, 1.82) is 0 Å². The number of carbonyl (C=O) groups is 1. The highest BCUT2D eigenvalue weighted by Gasteiger charge is 2.19. The van der Waals surface area contributed by atoms with Crippen LogP contribution in [0.4, 0.5) is 0 Å². The molecule has 1 heterocycles. The molecule has 1 fully saturated rings. The average Bonchev–Trinajstić information content (AvgIpc) is 2.49. The van der Waals surface area contributed by atoms with E-state index in [0.29, 0.717) is 6.54 Å². The third kappa shape index (κ3) is 4.03. The Balaban J connectivity index is 1.82. The van der Waals surface area contributed by atoms with Crippen molar-refractivity contribution in [2.24, 2.45) is 0 Å². The van der Waals surface area contributed by atoms with E-state index in [1.165, 1.54) is 0 Å². The van der Waals surface area contributed by atoms with E-state index in [2.05, 4.69) is 9.80 Å². The molecule has 0 spiro atoms. The molecule has 1 aliphatic heterocycles. The van der Waals surface area contributed by atoms with E-state index < -0.39 is 0 Å². The second-order valence-electron chi connectivity index (χ2n) is 4.99. The quantitative estimate of drug-likeness (QED) is 0.768. The Bertz CT molecular complexity index is 425. The molecule has 0 aromatic heterocycles. The van der Waals surface area contributed by atoms with Crippen LogP contribution in [-0.2, 0) is 0 Å². The summed E-state index contributed by atoms with van der Waals surface area (Å²) < 4.78 is 5.09. The minimum atomic E-state index is 0.142. The van der Waals surface area contributed by atoms with Gasteiger partial charge < -0.3 is 9.84 Å². The van der Waals surface area contributed by atoms with Crippen LogP contribution in [0.15, 0.2) is 24.3 Å². The second kappa shape index (κ2) is 7.38. The summed E-state index contributed by atoms with van der Waals surface area (Å²) >= 11 is 0. The molecule has 2 rings (SSSR count). The van der Waals surface area contributed by atoms with E-state index in [0.717, 1.165) is 44.0 Å². The molecule has 1 aliphatic rings. The SMILES string of the molecule is COc1ccc(C(=O)CN2CCN(CCO)CC2)cc1. The zero-order valence-electron chi connectivity index (χ0n) is 11.9. The van der Waals surface area contributed by atoms with Gasteiger partial charge in [-0.3, -0.25) is 14.6 Å². The van der Waals surface area contributed by atoms with Crippen molar-refractivity contribution >= 4 is 5.78 Å². The van der Waals surface area contributed by atoms with E-state index in [1.54, 1.807) is 7.11 Å². The Morgan fingerprint density at radius 3 is 2.30 bits per heavy atom. The van der Waals surface area contributed by atoms with Crippen LogP contribution in [0.2, 0.25) is 0 Å². The summed E-state index contributed by atoms with van der Waals surface area (Å²) in [5.74, 6) is 0.905. The van der Waals surface area contributed by atoms with Crippen LogP contribution in [0, 0.1) is 0 Å². The Morgan fingerprint density at radius 2 is 1.75 bits per heavy atom.